The van der Waals surface area contributed by atoms with Crippen molar-refractivity contribution in [2.24, 2.45) is 0 Å². The van der Waals surface area contributed by atoms with E-state index in [0.717, 1.165) is 19.8 Å². The number of likely N-dealkylation sites (N-methyl/N-ethyl adjacent to an activating group) is 1. The van der Waals surface area contributed by atoms with Gasteiger partial charge in [0, 0.05) is 6.54 Å². The fourth-order valence-corrected chi connectivity index (χ4v) is 1.21. The minimum atomic E-state index is 0.439. The van der Waals surface area contributed by atoms with Crippen LogP contribution in [0.25, 0.3) is 0 Å². The molecule has 2 nitrogen and oxygen atoms in total. The van der Waals surface area contributed by atoms with Gasteiger partial charge in [-0.3, -0.25) is 4.90 Å². The molecule has 1 aliphatic rings. The molecule has 0 amide bonds. The van der Waals surface area contributed by atoms with Crippen LogP contribution in [0.3, 0.4) is 0 Å². The molecular weight excluding hydrogens is 126 g/mol. The second kappa shape index (κ2) is 3.17. The van der Waals surface area contributed by atoms with E-state index in [2.05, 4.69) is 25.5 Å². The van der Waals surface area contributed by atoms with Gasteiger partial charge in [0.1, 0.15) is 0 Å². The van der Waals surface area contributed by atoms with Crippen LogP contribution in [-0.4, -0.2) is 37.7 Å². The molecule has 0 aromatic carbocycles. The number of hydrogen-bond donors (Lipinski definition) is 0. The van der Waals surface area contributed by atoms with Gasteiger partial charge in [0.2, 0.25) is 0 Å². The largest absolute Gasteiger partial charge is 0.378 e. The molecule has 0 aromatic rings. The molecule has 1 atom stereocenters. The van der Waals surface area contributed by atoms with E-state index in [0.29, 0.717) is 6.04 Å². The quantitative estimate of drug-likeness (QED) is 0.503. The molecule has 0 aliphatic carbocycles. The molecule has 58 valence electrons. The molecular formula is C8H15NO. The van der Waals surface area contributed by atoms with E-state index in [1.165, 1.54) is 5.57 Å². The van der Waals surface area contributed by atoms with Crippen LogP contribution in [0, 0.1) is 0 Å². The fourth-order valence-electron chi connectivity index (χ4n) is 1.21. The van der Waals surface area contributed by atoms with Gasteiger partial charge in [-0.25, -0.2) is 0 Å². The maximum absolute atomic E-state index is 5.31. The summed E-state index contributed by atoms with van der Waals surface area (Å²) in [6.07, 6.45) is 0. The first-order valence-corrected chi connectivity index (χ1v) is 3.65. The lowest BCUT2D eigenvalue weighted by molar-refractivity contribution is 0.0196. The van der Waals surface area contributed by atoms with Gasteiger partial charge in [0.15, 0.2) is 0 Å². The summed E-state index contributed by atoms with van der Waals surface area (Å²) in [6.45, 7) is 8.66. The maximum atomic E-state index is 5.31. The summed E-state index contributed by atoms with van der Waals surface area (Å²) in [5.41, 5.74) is 1.20. The zero-order chi connectivity index (χ0) is 7.56. The SMILES string of the molecule is C=C(C)C1COCCN1C. The van der Waals surface area contributed by atoms with Crippen LogP contribution >= 0.6 is 0 Å². The van der Waals surface area contributed by atoms with Gasteiger partial charge in [0.25, 0.3) is 0 Å². The predicted octanol–water partition coefficient (Wildman–Crippen LogP) is 0.893. The highest BCUT2D eigenvalue weighted by molar-refractivity contribution is 5.02. The Morgan fingerprint density at radius 3 is 2.80 bits per heavy atom. The first kappa shape index (κ1) is 7.76. The Morgan fingerprint density at radius 1 is 1.70 bits per heavy atom. The normalized spacial score (nSPS) is 28.4. The van der Waals surface area contributed by atoms with Crippen molar-refractivity contribution in [3.63, 3.8) is 0 Å². The van der Waals surface area contributed by atoms with Gasteiger partial charge in [-0.15, -0.1) is 0 Å². The van der Waals surface area contributed by atoms with Gasteiger partial charge < -0.3 is 4.74 Å². The van der Waals surface area contributed by atoms with E-state index < -0.39 is 0 Å². The maximum Gasteiger partial charge on any atom is 0.0660 e. The lowest BCUT2D eigenvalue weighted by Gasteiger charge is -2.32. The molecule has 10 heavy (non-hydrogen) atoms. The highest BCUT2D eigenvalue weighted by Crippen LogP contribution is 2.10. The van der Waals surface area contributed by atoms with Crippen molar-refractivity contribution < 1.29 is 4.74 Å². The van der Waals surface area contributed by atoms with Gasteiger partial charge in [-0.05, 0) is 14.0 Å². The topological polar surface area (TPSA) is 12.5 Å². The number of ether oxygens (including phenoxy) is 1. The van der Waals surface area contributed by atoms with Crippen molar-refractivity contribution in [3.05, 3.63) is 12.2 Å². The summed E-state index contributed by atoms with van der Waals surface area (Å²) >= 11 is 0. The Balaban J connectivity index is 2.47. The van der Waals surface area contributed by atoms with Crippen LogP contribution < -0.4 is 0 Å². The smallest absolute Gasteiger partial charge is 0.0660 e. The second-order valence-electron chi connectivity index (χ2n) is 2.92. The van der Waals surface area contributed by atoms with Crippen LogP contribution in [0.4, 0.5) is 0 Å². The van der Waals surface area contributed by atoms with Crippen LogP contribution in [0.1, 0.15) is 6.92 Å². The zero-order valence-electron chi connectivity index (χ0n) is 6.76. The van der Waals surface area contributed by atoms with E-state index in [9.17, 15) is 0 Å². The summed E-state index contributed by atoms with van der Waals surface area (Å²) in [6, 6.07) is 0.439. The fraction of sp³-hybridized carbons (Fsp3) is 0.750. The number of nitrogens with zero attached hydrogens (tertiary/aromatic N) is 1. The average Bonchev–Trinajstić information content (AvgIpc) is 1.88. The molecule has 1 heterocycles. The van der Waals surface area contributed by atoms with Crippen LogP contribution in [0.5, 0.6) is 0 Å². The summed E-state index contributed by atoms with van der Waals surface area (Å²) in [5.74, 6) is 0. The van der Waals surface area contributed by atoms with E-state index in [-0.39, 0.29) is 0 Å². The molecule has 1 fully saturated rings. The highest BCUT2D eigenvalue weighted by Gasteiger charge is 2.18. The van der Waals surface area contributed by atoms with E-state index in [1.807, 2.05) is 0 Å². The highest BCUT2D eigenvalue weighted by atomic mass is 16.5. The first-order valence-electron chi connectivity index (χ1n) is 3.65. The Bertz CT molecular complexity index is 133. The van der Waals surface area contributed by atoms with Crippen LogP contribution in [-0.2, 0) is 4.74 Å². The third kappa shape index (κ3) is 1.58. The third-order valence-corrected chi connectivity index (χ3v) is 1.96. The molecule has 0 radical (unpaired) electrons. The molecule has 0 aromatic heterocycles. The summed E-state index contributed by atoms with van der Waals surface area (Å²) < 4.78 is 5.31. The second-order valence-corrected chi connectivity index (χ2v) is 2.92. The zero-order valence-corrected chi connectivity index (χ0v) is 6.76. The molecule has 1 saturated heterocycles. The number of morpholine rings is 1. The van der Waals surface area contributed by atoms with E-state index >= 15 is 0 Å². The summed E-state index contributed by atoms with van der Waals surface area (Å²) in [4.78, 5) is 2.28. The monoisotopic (exact) mass is 141 g/mol. The summed E-state index contributed by atoms with van der Waals surface area (Å²) in [7, 11) is 2.11. The van der Waals surface area contributed by atoms with Crippen molar-refractivity contribution in [1.82, 2.24) is 4.90 Å². The molecule has 0 N–H and O–H groups in total. The lowest BCUT2D eigenvalue weighted by Crippen LogP contribution is -2.43. The van der Waals surface area contributed by atoms with Crippen molar-refractivity contribution in [2.45, 2.75) is 13.0 Å². The Kier molecular flexibility index (Phi) is 2.46. The Labute approximate surface area is 62.5 Å². The minimum Gasteiger partial charge on any atom is -0.378 e. The van der Waals surface area contributed by atoms with Crippen molar-refractivity contribution >= 4 is 0 Å². The van der Waals surface area contributed by atoms with E-state index in [4.69, 9.17) is 4.74 Å². The molecule has 0 bridgehead atoms. The summed E-state index contributed by atoms with van der Waals surface area (Å²) in [5, 5.41) is 0. The molecule has 1 rings (SSSR count). The molecule has 1 aliphatic heterocycles. The lowest BCUT2D eigenvalue weighted by atomic mass is 10.1. The van der Waals surface area contributed by atoms with Crippen molar-refractivity contribution in [2.75, 3.05) is 26.8 Å². The molecule has 1 unspecified atom stereocenters. The molecule has 2 heteroatoms. The minimum absolute atomic E-state index is 0.439. The van der Waals surface area contributed by atoms with Crippen molar-refractivity contribution in [1.29, 1.82) is 0 Å². The Hall–Kier alpha value is -0.340. The number of hydrogen-bond acceptors (Lipinski definition) is 2. The third-order valence-electron chi connectivity index (χ3n) is 1.96. The van der Waals surface area contributed by atoms with Gasteiger partial charge >= 0.3 is 0 Å². The van der Waals surface area contributed by atoms with Gasteiger partial charge in [0.05, 0.1) is 19.3 Å². The number of rotatable bonds is 1. The molecule has 0 spiro atoms. The van der Waals surface area contributed by atoms with E-state index in [1.54, 1.807) is 0 Å². The van der Waals surface area contributed by atoms with Crippen LogP contribution in [0.2, 0.25) is 0 Å². The average molecular weight is 141 g/mol. The van der Waals surface area contributed by atoms with Crippen LogP contribution in [0.15, 0.2) is 12.2 Å². The van der Waals surface area contributed by atoms with Gasteiger partial charge in [-0.1, -0.05) is 12.2 Å². The van der Waals surface area contributed by atoms with Crippen molar-refractivity contribution in [3.8, 4) is 0 Å². The predicted molar refractivity (Wildman–Crippen MR) is 42.1 cm³/mol. The molecule has 0 saturated carbocycles. The first-order chi connectivity index (χ1) is 4.72. The standard InChI is InChI=1S/C8H15NO/c1-7(2)8-6-10-5-4-9(8)3/h8H,1,4-6H2,2-3H3. The Morgan fingerprint density at radius 2 is 2.40 bits per heavy atom. The van der Waals surface area contributed by atoms with Gasteiger partial charge in [-0.2, -0.15) is 0 Å².